The zero-order valence-corrected chi connectivity index (χ0v) is 12.1. The second-order valence-corrected chi connectivity index (χ2v) is 6.08. The molecule has 3 rings (SSSR count). The van der Waals surface area contributed by atoms with Gasteiger partial charge in [-0.15, -0.1) is 10.2 Å². The molecule has 0 spiro atoms. The lowest BCUT2D eigenvalue weighted by Gasteiger charge is -2.18. The number of aryl methyl sites for hydroxylation is 1. The minimum atomic E-state index is -0.336. The summed E-state index contributed by atoms with van der Waals surface area (Å²) in [6.07, 6.45) is 6.16. The molecule has 0 saturated heterocycles. The Bertz CT molecular complexity index is 601. The minimum Gasteiger partial charge on any atom is -0.351 e. The fourth-order valence-corrected chi connectivity index (χ4v) is 3.34. The van der Waals surface area contributed by atoms with Gasteiger partial charge in [0.05, 0.1) is 5.69 Å². The lowest BCUT2D eigenvalue weighted by atomic mass is 9.90. The van der Waals surface area contributed by atoms with Crippen LogP contribution in [-0.2, 0) is 0 Å². The van der Waals surface area contributed by atoms with Crippen LogP contribution >= 0.6 is 11.3 Å². The molecule has 2 aromatic heterocycles. The average molecular weight is 292 g/mol. The Morgan fingerprint density at radius 2 is 2.15 bits per heavy atom. The van der Waals surface area contributed by atoms with Crippen LogP contribution in [0.5, 0.6) is 0 Å². The summed E-state index contributed by atoms with van der Waals surface area (Å²) in [4.78, 5) is 11.9. The molecule has 1 aliphatic rings. The SMILES string of the molecule is Cc1cc(C(=O)Nc2nnc(C3CCCCC3)s2)on1. The molecular weight excluding hydrogens is 276 g/mol. The number of amides is 1. The third-order valence-electron chi connectivity index (χ3n) is 3.47. The first-order valence-electron chi connectivity index (χ1n) is 6.80. The van der Waals surface area contributed by atoms with E-state index in [2.05, 4.69) is 20.7 Å². The number of hydrogen-bond donors (Lipinski definition) is 1. The van der Waals surface area contributed by atoms with Gasteiger partial charge in [0, 0.05) is 12.0 Å². The highest BCUT2D eigenvalue weighted by Gasteiger charge is 2.21. The molecule has 20 heavy (non-hydrogen) atoms. The Balaban J connectivity index is 1.66. The van der Waals surface area contributed by atoms with Crippen LogP contribution in [0, 0.1) is 6.92 Å². The zero-order valence-electron chi connectivity index (χ0n) is 11.3. The van der Waals surface area contributed by atoms with E-state index in [4.69, 9.17) is 4.52 Å². The van der Waals surface area contributed by atoms with Gasteiger partial charge in [0.25, 0.3) is 5.91 Å². The largest absolute Gasteiger partial charge is 0.351 e. The van der Waals surface area contributed by atoms with E-state index in [1.165, 1.54) is 43.4 Å². The predicted molar refractivity (Wildman–Crippen MR) is 74.9 cm³/mol. The summed E-state index contributed by atoms with van der Waals surface area (Å²) in [7, 11) is 0. The summed E-state index contributed by atoms with van der Waals surface area (Å²) in [5.41, 5.74) is 0.676. The van der Waals surface area contributed by atoms with Crippen LogP contribution in [0.25, 0.3) is 0 Å². The van der Waals surface area contributed by atoms with Gasteiger partial charge in [-0.3, -0.25) is 10.1 Å². The monoisotopic (exact) mass is 292 g/mol. The number of nitrogens with zero attached hydrogens (tertiary/aromatic N) is 3. The summed E-state index contributed by atoms with van der Waals surface area (Å²) in [6.45, 7) is 1.77. The molecule has 2 aromatic rings. The molecule has 7 heteroatoms. The van der Waals surface area contributed by atoms with E-state index in [0.29, 0.717) is 16.7 Å². The normalized spacial score (nSPS) is 16.2. The van der Waals surface area contributed by atoms with Crippen LogP contribution in [0.15, 0.2) is 10.6 Å². The fraction of sp³-hybridized carbons (Fsp3) is 0.538. The van der Waals surface area contributed by atoms with Gasteiger partial charge in [-0.25, -0.2) is 0 Å². The third kappa shape index (κ3) is 2.87. The molecule has 0 bridgehead atoms. The second-order valence-electron chi connectivity index (χ2n) is 5.07. The lowest BCUT2D eigenvalue weighted by molar-refractivity contribution is 0.0988. The average Bonchev–Trinajstić information content (AvgIpc) is 3.09. The first-order chi connectivity index (χ1) is 9.72. The summed E-state index contributed by atoms with van der Waals surface area (Å²) >= 11 is 1.45. The third-order valence-corrected chi connectivity index (χ3v) is 4.47. The van der Waals surface area contributed by atoms with Gasteiger partial charge in [0.15, 0.2) is 0 Å². The Kier molecular flexibility index (Phi) is 3.77. The fourth-order valence-electron chi connectivity index (χ4n) is 2.43. The van der Waals surface area contributed by atoms with Crippen LogP contribution in [0.3, 0.4) is 0 Å². The van der Waals surface area contributed by atoms with E-state index in [1.807, 2.05) is 0 Å². The number of hydrogen-bond acceptors (Lipinski definition) is 6. The van der Waals surface area contributed by atoms with Crippen molar-refractivity contribution in [3.05, 3.63) is 22.5 Å². The van der Waals surface area contributed by atoms with E-state index < -0.39 is 0 Å². The molecule has 0 aromatic carbocycles. The number of rotatable bonds is 3. The Labute approximate surface area is 120 Å². The molecule has 0 unspecified atom stereocenters. The highest BCUT2D eigenvalue weighted by molar-refractivity contribution is 7.15. The van der Waals surface area contributed by atoms with Gasteiger partial charge in [0.1, 0.15) is 5.01 Å². The smallest absolute Gasteiger partial charge is 0.296 e. The van der Waals surface area contributed by atoms with Gasteiger partial charge in [0.2, 0.25) is 10.9 Å². The Morgan fingerprint density at radius 3 is 2.85 bits per heavy atom. The standard InChI is InChI=1S/C13H16N4O2S/c1-8-7-10(19-17-8)11(18)14-13-16-15-12(20-13)9-5-3-2-4-6-9/h7,9H,2-6H2,1H3,(H,14,16,18). The van der Waals surface area contributed by atoms with Crippen molar-refractivity contribution in [3.8, 4) is 0 Å². The van der Waals surface area contributed by atoms with Crippen molar-refractivity contribution in [1.82, 2.24) is 15.4 Å². The van der Waals surface area contributed by atoms with Gasteiger partial charge < -0.3 is 4.52 Å². The molecule has 1 amide bonds. The van der Waals surface area contributed by atoms with Gasteiger partial charge in [-0.2, -0.15) is 0 Å². The van der Waals surface area contributed by atoms with E-state index in [0.717, 1.165) is 5.01 Å². The van der Waals surface area contributed by atoms with Crippen molar-refractivity contribution in [2.75, 3.05) is 5.32 Å². The highest BCUT2D eigenvalue weighted by Crippen LogP contribution is 2.35. The molecule has 0 radical (unpaired) electrons. The van der Waals surface area contributed by atoms with Crippen molar-refractivity contribution < 1.29 is 9.32 Å². The maximum absolute atomic E-state index is 11.9. The molecule has 106 valence electrons. The number of nitrogens with one attached hydrogen (secondary N) is 1. The maximum atomic E-state index is 11.9. The Morgan fingerprint density at radius 1 is 1.35 bits per heavy atom. The number of carbonyl (C=O) groups is 1. The van der Waals surface area contributed by atoms with Crippen LogP contribution < -0.4 is 5.32 Å². The summed E-state index contributed by atoms with van der Waals surface area (Å²) in [5.74, 6) is 0.355. The molecule has 6 nitrogen and oxygen atoms in total. The molecule has 0 atom stereocenters. The highest BCUT2D eigenvalue weighted by atomic mass is 32.1. The first kappa shape index (κ1) is 13.2. The summed E-state index contributed by atoms with van der Waals surface area (Å²) in [6, 6.07) is 1.60. The lowest BCUT2D eigenvalue weighted by Crippen LogP contribution is -2.10. The van der Waals surface area contributed by atoms with Crippen LogP contribution in [0.4, 0.5) is 5.13 Å². The predicted octanol–water partition coefficient (Wildman–Crippen LogP) is 3.13. The quantitative estimate of drug-likeness (QED) is 0.940. The molecule has 1 fully saturated rings. The van der Waals surface area contributed by atoms with Crippen molar-refractivity contribution >= 4 is 22.4 Å². The van der Waals surface area contributed by atoms with E-state index >= 15 is 0 Å². The number of aromatic nitrogens is 3. The zero-order chi connectivity index (χ0) is 13.9. The van der Waals surface area contributed by atoms with Gasteiger partial charge >= 0.3 is 0 Å². The van der Waals surface area contributed by atoms with Crippen LogP contribution in [0.2, 0.25) is 0 Å². The van der Waals surface area contributed by atoms with Crippen molar-refractivity contribution in [2.24, 2.45) is 0 Å². The van der Waals surface area contributed by atoms with Crippen LogP contribution in [0.1, 0.15) is 59.3 Å². The molecule has 1 aliphatic carbocycles. The molecule has 0 aliphatic heterocycles. The van der Waals surface area contributed by atoms with Gasteiger partial charge in [-0.1, -0.05) is 35.8 Å². The summed E-state index contributed by atoms with van der Waals surface area (Å²) < 4.78 is 4.92. The topological polar surface area (TPSA) is 80.9 Å². The first-order valence-corrected chi connectivity index (χ1v) is 7.62. The van der Waals surface area contributed by atoms with E-state index in [9.17, 15) is 4.79 Å². The number of carbonyl (C=O) groups excluding carboxylic acids is 1. The minimum absolute atomic E-state index is 0.192. The maximum Gasteiger partial charge on any atom is 0.296 e. The van der Waals surface area contributed by atoms with E-state index in [-0.39, 0.29) is 11.7 Å². The molecule has 2 heterocycles. The van der Waals surface area contributed by atoms with E-state index in [1.54, 1.807) is 13.0 Å². The van der Waals surface area contributed by atoms with Crippen molar-refractivity contribution in [1.29, 1.82) is 0 Å². The molecule has 1 saturated carbocycles. The second kappa shape index (κ2) is 5.70. The van der Waals surface area contributed by atoms with Crippen molar-refractivity contribution in [2.45, 2.75) is 44.9 Å². The van der Waals surface area contributed by atoms with Crippen molar-refractivity contribution in [3.63, 3.8) is 0 Å². The van der Waals surface area contributed by atoms with Crippen LogP contribution in [-0.4, -0.2) is 21.3 Å². The van der Waals surface area contributed by atoms with Gasteiger partial charge in [-0.05, 0) is 19.8 Å². The molecule has 1 N–H and O–H groups in total. The summed E-state index contributed by atoms with van der Waals surface area (Å²) in [5, 5.41) is 16.2. The number of anilines is 1. The Hall–Kier alpha value is -1.76. The molecular formula is C13H16N4O2S.